The van der Waals surface area contributed by atoms with Gasteiger partial charge in [0, 0.05) is 18.8 Å². The summed E-state index contributed by atoms with van der Waals surface area (Å²) in [7, 11) is 0. The first-order valence-corrected chi connectivity index (χ1v) is 4.81. The summed E-state index contributed by atoms with van der Waals surface area (Å²) < 4.78 is 29.8. The van der Waals surface area contributed by atoms with Gasteiger partial charge in [0.2, 0.25) is 12.0 Å². The first-order chi connectivity index (χ1) is 7.23. The Bertz CT molecular complexity index is 268. The second kappa shape index (κ2) is 5.72. The summed E-state index contributed by atoms with van der Waals surface area (Å²) in [5.74, 6) is -2.50. The maximum absolute atomic E-state index is 12.6. The maximum Gasteiger partial charge on any atom is 0.306 e. The minimum atomic E-state index is -2.94. The molecule has 0 heterocycles. The van der Waals surface area contributed by atoms with Gasteiger partial charge in [-0.2, -0.15) is 0 Å². The Kier molecular flexibility index (Phi) is 5.26. The van der Waals surface area contributed by atoms with Crippen LogP contribution in [0.15, 0.2) is 0 Å². The molecule has 0 amide bonds. The second-order valence-corrected chi connectivity index (χ2v) is 3.86. The van der Waals surface area contributed by atoms with Crippen LogP contribution in [0.2, 0.25) is 0 Å². The number of esters is 1. The minimum Gasteiger partial charge on any atom is -0.466 e. The summed E-state index contributed by atoms with van der Waals surface area (Å²) in [5, 5.41) is 10.6. The van der Waals surface area contributed by atoms with Crippen molar-refractivity contribution in [1.82, 2.24) is 0 Å². The highest BCUT2D eigenvalue weighted by Crippen LogP contribution is 2.29. The minimum absolute atomic E-state index is 0.0632. The van der Waals surface area contributed by atoms with Crippen molar-refractivity contribution in [1.29, 1.82) is 0 Å². The highest BCUT2D eigenvalue weighted by Gasteiger charge is 2.47. The van der Waals surface area contributed by atoms with Gasteiger partial charge in [0.05, 0.1) is 18.9 Å². The lowest BCUT2D eigenvalue weighted by molar-refractivity contribution is -0.574. The molecule has 0 N–H and O–H groups in total. The van der Waals surface area contributed by atoms with Crippen molar-refractivity contribution in [2.45, 2.75) is 39.2 Å². The van der Waals surface area contributed by atoms with Gasteiger partial charge in [-0.1, -0.05) is 0 Å². The average molecular weight is 239 g/mol. The first kappa shape index (κ1) is 14.7. The number of hydrogen-bond donors (Lipinski definition) is 0. The van der Waals surface area contributed by atoms with E-state index in [1.807, 2.05) is 0 Å². The lowest BCUT2D eigenvalue weighted by Crippen LogP contribution is -2.44. The lowest BCUT2D eigenvalue weighted by Gasteiger charge is -2.25. The molecule has 5 nitrogen and oxygen atoms in total. The molecule has 0 aliphatic heterocycles. The third-order valence-electron chi connectivity index (χ3n) is 2.37. The smallest absolute Gasteiger partial charge is 0.306 e. The average Bonchev–Trinajstić information content (AvgIpc) is 2.13. The Balaban J connectivity index is 4.75. The van der Waals surface area contributed by atoms with Gasteiger partial charge >= 0.3 is 5.97 Å². The molecule has 0 bridgehead atoms. The van der Waals surface area contributed by atoms with Crippen LogP contribution in [-0.4, -0.2) is 29.5 Å². The van der Waals surface area contributed by atoms with E-state index in [1.54, 1.807) is 0 Å². The summed E-state index contributed by atoms with van der Waals surface area (Å²) in [6.07, 6.45) is -3.59. The summed E-state index contributed by atoms with van der Waals surface area (Å²) in [4.78, 5) is 20.9. The topological polar surface area (TPSA) is 69.4 Å². The molecular weight excluding hydrogens is 224 g/mol. The molecule has 0 saturated carbocycles. The van der Waals surface area contributed by atoms with E-state index in [4.69, 9.17) is 0 Å². The molecule has 0 aromatic heterocycles. The number of alkyl halides is 2. The van der Waals surface area contributed by atoms with E-state index in [2.05, 4.69) is 4.74 Å². The zero-order chi connectivity index (χ0) is 12.9. The number of hydrogen-bond acceptors (Lipinski definition) is 4. The molecule has 1 atom stereocenters. The van der Waals surface area contributed by atoms with E-state index >= 15 is 0 Å². The Morgan fingerprint density at radius 2 is 2.00 bits per heavy atom. The van der Waals surface area contributed by atoms with E-state index in [0.717, 1.165) is 13.8 Å². The van der Waals surface area contributed by atoms with Gasteiger partial charge in [-0.25, -0.2) is 8.78 Å². The lowest BCUT2D eigenvalue weighted by atomic mass is 9.86. The molecule has 0 fully saturated rings. The summed E-state index contributed by atoms with van der Waals surface area (Å²) in [6, 6.07) is 0. The molecule has 0 spiro atoms. The molecule has 0 radical (unpaired) electrons. The number of carbonyl (C=O) groups excluding carboxylic acids is 1. The fourth-order valence-electron chi connectivity index (χ4n) is 1.18. The monoisotopic (exact) mass is 239 g/mol. The second-order valence-electron chi connectivity index (χ2n) is 3.86. The predicted octanol–water partition coefficient (Wildman–Crippen LogP) is 1.88. The Morgan fingerprint density at radius 1 is 1.50 bits per heavy atom. The van der Waals surface area contributed by atoms with Crippen molar-refractivity contribution in [2.24, 2.45) is 5.92 Å². The van der Waals surface area contributed by atoms with Gasteiger partial charge in [0.15, 0.2) is 0 Å². The van der Waals surface area contributed by atoms with Crippen LogP contribution >= 0.6 is 0 Å². The zero-order valence-electron chi connectivity index (χ0n) is 9.41. The molecular formula is C9H15F2NO4. The van der Waals surface area contributed by atoms with Crippen LogP contribution < -0.4 is 0 Å². The third kappa shape index (κ3) is 3.71. The van der Waals surface area contributed by atoms with Crippen LogP contribution in [-0.2, 0) is 9.53 Å². The Hall–Kier alpha value is -1.27. The van der Waals surface area contributed by atoms with Gasteiger partial charge in [0.25, 0.3) is 0 Å². The molecule has 0 saturated heterocycles. The summed E-state index contributed by atoms with van der Waals surface area (Å²) >= 11 is 0. The number of nitro groups is 1. The van der Waals surface area contributed by atoms with Gasteiger partial charge in [-0.05, 0) is 6.92 Å². The first-order valence-electron chi connectivity index (χ1n) is 4.81. The van der Waals surface area contributed by atoms with E-state index in [0.29, 0.717) is 0 Å². The fourth-order valence-corrected chi connectivity index (χ4v) is 1.18. The van der Waals surface area contributed by atoms with Crippen molar-refractivity contribution in [2.75, 3.05) is 6.61 Å². The number of nitrogens with zero attached hydrogens (tertiary/aromatic N) is 1. The van der Waals surface area contributed by atoms with E-state index in [9.17, 15) is 23.7 Å². The van der Waals surface area contributed by atoms with Crippen molar-refractivity contribution < 1.29 is 23.2 Å². The zero-order valence-corrected chi connectivity index (χ0v) is 9.41. The third-order valence-corrected chi connectivity index (χ3v) is 2.37. The van der Waals surface area contributed by atoms with E-state index < -0.39 is 35.2 Å². The molecule has 0 aliphatic rings. The molecule has 0 rings (SSSR count). The Morgan fingerprint density at radius 3 is 2.31 bits per heavy atom. The molecule has 16 heavy (non-hydrogen) atoms. The number of halogens is 2. The number of carbonyl (C=O) groups is 1. The van der Waals surface area contributed by atoms with Crippen molar-refractivity contribution in [3.05, 3.63) is 10.1 Å². The van der Waals surface area contributed by atoms with Gasteiger partial charge in [0.1, 0.15) is 0 Å². The number of ether oxygens (including phenoxy) is 1. The molecule has 7 heteroatoms. The van der Waals surface area contributed by atoms with Gasteiger partial charge in [-0.3, -0.25) is 14.9 Å². The SMILES string of the molecule is CCOC(=O)CC(C(F)F)C(C)(C)[N+](=O)[O-]. The van der Waals surface area contributed by atoms with Crippen LogP contribution in [0.1, 0.15) is 27.2 Å². The van der Waals surface area contributed by atoms with E-state index in [1.165, 1.54) is 6.92 Å². The van der Waals surface area contributed by atoms with Gasteiger partial charge in [-0.15, -0.1) is 0 Å². The molecule has 0 aromatic carbocycles. The van der Waals surface area contributed by atoms with Gasteiger partial charge < -0.3 is 4.74 Å². The van der Waals surface area contributed by atoms with Crippen molar-refractivity contribution in [3.63, 3.8) is 0 Å². The van der Waals surface area contributed by atoms with Crippen LogP contribution in [0.3, 0.4) is 0 Å². The van der Waals surface area contributed by atoms with Crippen molar-refractivity contribution >= 4 is 5.97 Å². The van der Waals surface area contributed by atoms with Crippen LogP contribution in [0.4, 0.5) is 8.78 Å². The van der Waals surface area contributed by atoms with Crippen molar-refractivity contribution in [3.8, 4) is 0 Å². The summed E-state index contributed by atoms with van der Waals surface area (Å²) in [6.45, 7) is 3.74. The standard InChI is InChI=1S/C9H15F2NO4/c1-4-16-7(13)5-6(8(10)11)9(2,3)12(14)15/h6,8H,4-5H2,1-3H3. The molecule has 0 aromatic rings. The summed E-state index contributed by atoms with van der Waals surface area (Å²) in [5.41, 5.74) is -1.86. The van der Waals surface area contributed by atoms with Crippen LogP contribution in [0.25, 0.3) is 0 Å². The Labute approximate surface area is 91.9 Å². The van der Waals surface area contributed by atoms with E-state index in [-0.39, 0.29) is 6.61 Å². The maximum atomic E-state index is 12.6. The number of rotatable bonds is 6. The largest absolute Gasteiger partial charge is 0.466 e. The normalized spacial score (nSPS) is 13.6. The fraction of sp³-hybridized carbons (Fsp3) is 0.889. The van der Waals surface area contributed by atoms with Crippen LogP contribution in [0.5, 0.6) is 0 Å². The quantitative estimate of drug-likeness (QED) is 0.403. The predicted molar refractivity (Wildman–Crippen MR) is 51.8 cm³/mol. The molecule has 1 unspecified atom stereocenters. The highest BCUT2D eigenvalue weighted by molar-refractivity contribution is 5.69. The highest BCUT2D eigenvalue weighted by atomic mass is 19.3. The molecule has 94 valence electrons. The van der Waals surface area contributed by atoms with Crippen LogP contribution in [0, 0.1) is 16.0 Å². The molecule has 0 aliphatic carbocycles.